The molecule has 1 saturated carbocycles. The Morgan fingerprint density at radius 2 is 2.10 bits per heavy atom. The van der Waals surface area contributed by atoms with E-state index in [-0.39, 0.29) is 11.7 Å². The van der Waals surface area contributed by atoms with Gasteiger partial charge in [0.25, 0.3) is 0 Å². The lowest BCUT2D eigenvalue weighted by Gasteiger charge is -2.36. The highest BCUT2D eigenvalue weighted by molar-refractivity contribution is 5.83. The Labute approximate surface area is 126 Å². The van der Waals surface area contributed by atoms with E-state index in [9.17, 15) is 4.79 Å². The van der Waals surface area contributed by atoms with Crippen molar-refractivity contribution in [2.24, 2.45) is 5.92 Å². The van der Waals surface area contributed by atoms with Gasteiger partial charge in [0, 0.05) is 13.0 Å². The van der Waals surface area contributed by atoms with Crippen molar-refractivity contribution in [2.45, 2.75) is 71.3 Å². The number of rotatable bonds is 6. The Kier molecular flexibility index (Phi) is 5.14. The minimum Gasteiger partial charge on any atom is -0.367 e. The molecular weight excluding hydrogens is 268 g/mol. The van der Waals surface area contributed by atoms with Gasteiger partial charge in [-0.15, -0.1) is 0 Å². The van der Waals surface area contributed by atoms with Gasteiger partial charge in [-0.2, -0.15) is 4.98 Å². The van der Waals surface area contributed by atoms with Crippen molar-refractivity contribution in [3.05, 3.63) is 11.7 Å². The van der Waals surface area contributed by atoms with E-state index in [0.29, 0.717) is 30.7 Å². The summed E-state index contributed by atoms with van der Waals surface area (Å²) >= 11 is 0. The van der Waals surface area contributed by atoms with E-state index in [1.165, 1.54) is 0 Å². The zero-order chi connectivity index (χ0) is 15.5. The lowest BCUT2D eigenvalue weighted by molar-refractivity contribution is -0.120. The summed E-state index contributed by atoms with van der Waals surface area (Å²) in [5.41, 5.74) is -0.433. The van der Waals surface area contributed by atoms with Gasteiger partial charge >= 0.3 is 0 Å². The van der Waals surface area contributed by atoms with Crippen molar-refractivity contribution in [1.29, 1.82) is 0 Å². The van der Waals surface area contributed by atoms with E-state index in [4.69, 9.17) is 9.26 Å². The van der Waals surface area contributed by atoms with Gasteiger partial charge in [-0.3, -0.25) is 4.79 Å². The lowest BCUT2D eigenvalue weighted by Crippen LogP contribution is -2.35. The van der Waals surface area contributed by atoms with Gasteiger partial charge < -0.3 is 9.26 Å². The molecule has 1 aromatic rings. The number of aromatic nitrogens is 2. The molecule has 2 rings (SSSR count). The predicted octanol–water partition coefficient (Wildman–Crippen LogP) is 3.59. The van der Waals surface area contributed by atoms with Gasteiger partial charge in [-0.1, -0.05) is 19.0 Å². The fraction of sp³-hybridized carbons (Fsp3) is 0.812. The molecule has 0 spiro atoms. The molecule has 118 valence electrons. The van der Waals surface area contributed by atoms with Crippen LogP contribution in [0.5, 0.6) is 0 Å². The van der Waals surface area contributed by atoms with E-state index in [2.05, 4.69) is 17.1 Å². The Morgan fingerprint density at radius 1 is 1.43 bits per heavy atom. The number of ketones is 1. The number of hydrogen-bond acceptors (Lipinski definition) is 5. The van der Waals surface area contributed by atoms with Crippen LogP contribution in [0.25, 0.3) is 0 Å². The minimum atomic E-state index is -0.433. The van der Waals surface area contributed by atoms with Crippen LogP contribution in [0, 0.1) is 5.92 Å². The van der Waals surface area contributed by atoms with Crippen molar-refractivity contribution >= 4 is 5.78 Å². The summed E-state index contributed by atoms with van der Waals surface area (Å²) in [4.78, 5) is 16.3. The molecule has 1 fully saturated rings. The normalized spacial score (nSPS) is 27.5. The first-order valence-electron chi connectivity index (χ1n) is 8.03. The zero-order valence-corrected chi connectivity index (χ0v) is 13.5. The average Bonchev–Trinajstić information content (AvgIpc) is 2.99. The molecule has 0 amide bonds. The standard InChI is InChI=1S/C16H26N2O3/c1-5-13(19)12(4)14-17-15(18-21-14)16(20-6-2)9-7-11(3)8-10-16/h11-12H,5-10H2,1-4H3. The second kappa shape index (κ2) is 6.69. The highest BCUT2D eigenvalue weighted by Gasteiger charge is 2.41. The highest BCUT2D eigenvalue weighted by atomic mass is 16.5. The minimum absolute atomic E-state index is 0.118. The van der Waals surface area contributed by atoms with Crippen LogP contribution in [-0.4, -0.2) is 22.5 Å². The summed E-state index contributed by atoms with van der Waals surface area (Å²) in [6.45, 7) is 8.55. The van der Waals surface area contributed by atoms with Crippen molar-refractivity contribution < 1.29 is 14.1 Å². The van der Waals surface area contributed by atoms with Crippen LogP contribution in [0.4, 0.5) is 0 Å². The van der Waals surface area contributed by atoms with Crippen LogP contribution in [0.15, 0.2) is 4.52 Å². The van der Waals surface area contributed by atoms with E-state index in [1.54, 1.807) is 0 Å². The van der Waals surface area contributed by atoms with Gasteiger partial charge in [0.05, 0.1) is 5.92 Å². The maximum atomic E-state index is 11.8. The molecule has 0 bridgehead atoms. The largest absolute Gasteiger partial charge is 0.367 e. The summed E-state index contributed by atoms with van der Waals surface area (Å²) in [5, 5.41) is 4.13. The molecule has 21 heavy (non-hydrogen) atoms. The molecule has 0 N–H and O–H groups in total. The first-order chi connectivity index (χ1) is 10.0. The SMILES string of the molecule is CCOC1(c2noc(C(C)C(=O)CC)n2)CCC(C)CC1. The Bertz CT molecular complexity index is 476. The lowest BCUT2D eigenvalue weighted by atomic mass is 9.79. The predicted molar refractivity (Wildman–Crippen MR) is 78.9 cm³/mol. The third-order valence-electron chi connectivity index (χ3n) is 4.55. The van der Waals surface area contributed by atoms with Gasteiger partial charge in [-0.25, -0.2) is 0 Å². The molecule has 5 nitrogen and oxygen atoms in total. The number of carbonyl (C=O) groups excluding carboxylic acids is 1. The number of hydrogen-bond donors (Lipinski definition) is 0. The van der Waals surface area contributed by atoms with Crippen LogP contribution in [0.3, 0.4) is 0 Å². The van der Waals surface area contributed by atoms with Crippen LogP contribution < -0.4 is 0 Å². The summed E-state index contributed by atoms with van der Waals surface area (Å²) in [5.74, 6) is 1.52. The first kappa shape index (κ1) is 16.1. The summed E-state index contributed by atoms with van der Waals surface area (Å²) in [6, 6.07) is 0. The third kappa shape index (κ3) is 3.34. The number of nitrogens with zero attached hydrogens (tertiary/aromatic N) is 2. The monoisotopic (exact) mass is 294 g/mol. The Morgan fingerprint density at radius 3 is 2.67 bits per heavy atom. The van der Waals surface area contributed by atoms with Crippen LogP contribution in [0.1, 0.15) is 77.4 Å². The quantitative estimate of drug-likeness (QED) is 0.802. The molecule has 1 atom stereocenters. The van der Waals surface area contributed by atoms with Crippen molar-refractivity contribution in [1.82, 2.24) is 10.1 Å². The molecule has 0 aromatic carbocycles. The highest BCUT2D eigenvalue weighted by Crippen LogP contribution is 2.41. The molecule has 1 aromatic heterocycles. The maximum absolute atomic E-state index is 11.8. The Hall–Kier alpha value is -1.23. The fourth-order valence-electron chi connectivity index (χ4n) is 2.98. The maximum Gasteiger partial charge on any atom is 0.237 e. The molecule has 0 saturated heterocycles. The van der Waals surface area contributed by atoms with Gasteiger partial charge in [0.1, 0.15) is 11.4 Å². The second-order valence-corrected chi connectivity index (χ2v) is 6.11. The van der Waals surface area contributed by atoms with Crippen LogP contribution in [0.2, 0.25) is 0 Å². The molecule has 1 unspecified atom stereocenters. The number of Topliss-reactive ketones (excluding diaryl/α,β-unsaturated/α-hetero) is 1. The van der Waals surface area contributed by atoms with Gasteiger partial charge in [-0.05, 0) is 45.4 Å². The van der Waals surface area contributed by atoms with Crippen molar-refractivity contribution in [2.75, 3.05) is 6.61 Å². The van der Waals surface area contributed by atoms with Gasteiger partial charge in [0.15, 0.2) is 0 Å². The van der Waals surface area contributed by atoms with E-state index in [0.717, 1.165) is 25.7 Å². The van der Waals surface area contributed by atoms with Gasteiger partial charge in [0.2, 0.25) is 11.7 Å². The molecule has 5 heteroatoms. The Balaban J connectivity index is 2.22. The molecule has 0 radical (unpaired) electrons. The third-order valence-corrected chi connectivity index (χ3v) is 4.55. The topological polar surface area (TPSA) is 65.2 Å². The average molecular weight is 294 g/mol. The summed E-state index contributed by atoms with van der Waals surface area (Å²) in [7, 11) is 0. The number of carbonyl (C=O) groups is 1. The number of ether oxygens (including phenoxy) is 1. The van der Waals surface area contributed by atoms with E-state index >= 15 is 0 Å². The van der Waals surface area contributed by atoms with Crippen LogP contribution >= 0.6 is 0 Å². The second-order valence-electron chi connectivity index (χ2n) is 6.11. The van der Waals surface area contributed by atoms with Crippen molar-refractivity contribution in [3.8, 4) is 0 Å². The van der Waals surface area contributed by atoms with E-state index < -0.39 is 5.60 Å². The molecule has 1 aliphatic rings. The first-order valence-corrected chi connectivity index (χ1v) is 8.03. The smallest absolute Gasteiger partial charge is 0.237 e. The molecule has 0 aliphatic heterocycles. The molecular formula is C16H26N2O3. The fourth-order valence-corrected chi connectivity index (χ4v) is 2.98. The molecule has 1 aliphatic carbocycles. The van der Waals surface area contributed by atoms with E-state index in [1.807, 2.05) is 20.8 Å². The van der Waals surface area contributed by atoms with Crippen LogP contribution in [-0.2, 0) is 15.1 Å². The van der Waals surface area contributed by atoms with Crippen molar-refractivity contribution in [3.63, 3.8) is 0 Å². The zero-order valence-electron chi connectivity index (χ0n) is 13.5. The molecule has 1 heterocycles. The summed E-state index contributed by atoms with van der Waals surface area (Å²) < 4.78 is 11.4. The summed E-state index contributed by atoms with van der Waals surface area (Å²) in [6.07, 6.45) is 4.52.